The highest BCUT2D eigenvalue weighted by Gasteiger charge is 2.42. The van der Waals surface area contributed by atoms with Gasteiger partial charge in [-0.2, -0.15) is 0 Å². The molecule has 0 saturated carbocycles. The van der Waals surface area contributed by atoms with Crippen LogP contribution in [-0.4, -0.2) is 23.1 Å². The number of nitrogens with one attached hydrogen (secondary N) is 2. The molecule has 0 aromatic heterocycles. The Morgan fingerprint density at radius 1 is 1.08 bits per heavy atom. The Labute approximate surface area is 156 Å². The Kier molecular flexibility index (Phi) is 4.95. The molecule has 0 spiro atoms. The quantitative estimate of drug-likeness (QED) is 0.857. The smallest absolute Gasteiger partial charge is 0.271 e. The van der Waals surface area contributed by atoms with Gasteiger partial charge in [0.05, 0.1) is 5.71 Å². The van der Waals surface area contributed by atoms with Gasteiger partial charge in [-0.25, -0.2) is 0 Å². The van der Waals surface area contributed by atoms with Crippen molar-refractivity contribution < 1.29 is 14.4 Å². The molecule has 6 nitrogen and oxygen atoms in total. The zero-order valence-corrected chi connectivity index (χ0v) is 15.1. The van der Waals surface area contributed by atoms with Gasteiger partial charge in [0.25, 0.3) is 5.91 Å². The Morgan fingerprint density at radius 3 is 2.31 bits per heavy atom. The second-order valence-corrected chi connectivity index (χ2v) is 6.64. The number of halogens is 1. The highest BCUT2D eigenvalue weighted by atomic mass is 35.5. The van der Waals surface area contributed by atoms with Crippen LogP contribution in [0.1, 0.15) is 25.8 Å². The minimum absolute atomic E-state index is 0.155. The average molecular weight is 372 g/mol. The summed E-state index contributed by atoms with van der Waals surface area (Å²) >= 11 is 6.19. The van der Waals surface area contributed by atoms with E-state index in [0.29, 0.717) is 28.5 Å². The SMILES string of the molecule is CC(=O)Nc1ccc(NC(=O)C2(C)CC(c3ccccc3Cl)=NO2)cc1. The third-order valence-corrected chi connectivity index (χ3v) is 4.32. The number of rotatable bonds is 4. The Balaban J connectivity index is 1.67. The fourth-order valence-corrected chi connectivity index (χ4v) is 2.85. The summed E-state index contributed by atoms with van der Waals surface area (Å²) in [5.41, 5.74) is 1.52. The molecule has 0 radical (unpaired) electrons. The zero-order valence-electron chi connectivity index (χ0n) is 14.4. The Bertz CT molecular complexity index is 880. The molecule has 2 aromatic rings. The summed E-state index contributed by atoms with van der Waals surface area (Å²) in [6.07, 6.45) is 0.312. The minimum atomic E-state index is -1.12. The molecule has 1 unspecified atom stereocenters. The first-order valence-corrected chi connectivity index (χ1v) is 8.44. The van der Waals surface area contributed by atoms with E-state index in [1.807, 2.05) is 18.2 Å². The molecule has 0 bridgehead atoms. The van der Waals surface area contributed by atoms with Crippen LogP contribution in [0.3, 0.4) is 0 Å². The van der Waals surface area contributed by atoms with Gasteiger partial charge in [0.2, 0.25) is 11.5 Å². The van der Waals surface area contributed by atoms with Gasteiger partial charge in [0.15, 0.2) is 0 Å². The first kappa shape index (κ1) is 17.9. The lowest BCUT2D eigenvalue weighted by Crippen LogP contribution is -2.40. The molecule has 2 amide bonds. The van der Waals surface area contributed by atoms with Gasteiger partial charge in [-0.15, -0.1) is 0 Å². The molecule has 1 aliphatic rings. The first-order valence-electron chi connectivity index (χ1n) is 8.06. The first-order chi connectivity index (χ1) is 12.4. The lowest BCUT2D eigenvalue weighted by molar-refractivity contribution is -0.135. The van der Waals surface area contributed by atoms with Crippen molar-refractivity contribution >= 4 is 40.5 Å². The van der Waals surface area contributed by atoms with Crippen molar-refractivity contribution in [2.24, 2.45) is 5.16 Å². The predicted molar refractivity (Wildman–Crippen MR) is 101 cm³/mol. The maximum absolute atomic E-state index is 12.6. The largest absolute Gasteiger partial charge is 0.379 e. The van der Waals surface area contributed by atoms with Gasteiger partial charge in [-0.3, -0.25) is 9.59 Å². The molecule has 134 valence electrons. The zero-order chi connectivity index (χ0) is 18.7. The molecule has 2 aromatic carbocycles. The van der Waals surface area contributed by atoms with Crippen LogP contribution in [0.25, 0.3) is 0 Å². The predicted octanol–water partition coefficient (Wildman–Crippen LogP) is 3.82. The van der Waals surface area contributed by atoms with Gasteiger partial charge in [0, 0.05) is 35.3 Å². The van der Waals surface area contributed by atoms with Crippen molar-refractivity contribution in [2.75, 3.05) is 10.6 Å². The number of amides is 2. The van der Waals surface area contributed by atoms with E-state index in [0.717, 1.165) is 5.56 Å². The van der Waals surface area contributed by atoms with Crippen molar-refractivity contribution in [1.82, 2.24) is 0 Å². The lowest BCUT2D eigenvalue weighted by atomic mass is 9.95. The molecule has 0 fully saturated rings. The van der Waals surface area contributed by atoms with E-state index in [2.05, 4.69) is 15.8 Å². The van der Waals surface area contributed by atoms with Gasteiger partial charge >= 0.3 is 0 Å². The average Bonchev–Trinajstić information content (AvgIpc) is 3.00. The number of hydrogen-bond donors (Lipinski definition) is 2. The number of carbonyl (C=O) groups excluding carboxylic acids is 2. The van der Waals surface area contributed by atoms with Crippen LogP contribution in [0.5, 0.6) is 0 Å². The van der Waals surface area contributed by atoms with E-state index in [4.69, 9.17) is 16.4 Å². The third kappa shape index (κ3) is 3.86. The molecule has 1 aliphatic heterocycles. The normalized spacial score (nSPS) is 18.7. The van der Waals surface area contributed by atoms with E-state index < -0.39 is 5.60 Å². The monoisotopic (exact) mass is 371 g/mol. The van der Waals surface area contributed by atoms with Crippen molar-refractivity contribution in [3.05, 3.63) is 59.1 Å². The van der Waals surface area contributed by atoms with Gasteiger partial charge in [0.1, 0.15) is 0 Å². The summed E-state index contributed by atoms with van der Waals surface area (Å²) in [5.74, 6) is -0.464. The molecular formula is C19H18ClN3O3. The van der Waals surface area contributed by atoms with Crippen molar-refractivity contribution in [3.63, 3.8) is 0 Å². The fraction of sp³-hybridized carbons (Fsp3) is 0.211. The van der Waals surface area contributed by atoms with Crippen LogP contribution in [0, 0.1) is 0 Å². The summed E-state index contributed by atoms with van der Waals surface area (Å²) in [4.78, 5) is 29.1. The standard InChI is InChI=1S/C19H18ClN3O3/c1-12(24)21-13-7-9-14(10-8-13)22-18(25)19(2)11-17(23-26-19)15-5-3-4-6-16(15)20/h3-10H,11H2,1-2H3,(H,21,24)(H,22,25). The van der Waals surface area contributed by atoms with Gasteiger partial charge in [-0.1, -0.05) is 35.0 Å². The molecule has 1 heterocycles. The molecule has 1 atom stereocenters. The topological polar surface area (TPSA) is 79.8 Å². The summed E-state index contributed by atoms with van der Waals surface area (Å²) < 4.78 is 0. The number of oxime groups is 1. The highest BCUT2D eigenvalue weighted by molar-refractivity contribution is 6.34. The number of carbonyl (C=O) groups is 2. The van der Waals surface area contributed by atoms with E-state index in [1.165, 1.54) is 6.92 Å². The minimum Gasteiger partial charge on any atom is -0.379 e. The van der Waals surface area contributed by atoms with Crippen LogP contribution >= 0.6 is 11.6 Å². The number of benzene rings is 2. The molecule has 7 heteroatoms. The van der Waals surface area contributed by atoms with Crippen molar-refractivity contribution in [2.45, 2.75) is 25.9 Å². The van der Waals surface area contributed by atoms with Crippen molar-refractivity contribution in [3.8, 4) is 0 Å². The van der Waals surface area contributed by atoms with Crippen LogP contribution in [0.15, 0.2) is 53.7 Å². The van der Waals surface area contributed by atoms with E-state index in [-0.39, 0.29) is 11.8 Å². The van der Waals surface area contributed by atoms with Crippen molar-refractivity contribution in [1.29, 1.82) is 0 Å². The maximum Gasteiger partial charge on any atom is 0.271 e. The summed E-state index contributed by atoms with van der Waals surface area (Å²) in [6.45, 7) is 3.12. The third-order valence-electron chi connectivity index (χ3n) is 3.99. The highest BCUT2D eigenvalue weighted by Crippen LogP contribution is 2.30. The van der Waals surface area contributed by atoms with Gasteiger partial charge in [-0.05, 0) is 37.3 Å². The second-order valence-electron chi connectivity index (χ2n) is 6.23. The van der Waals surface area contributed by atoms with E-state index >= 15 is 0 Å². The number of nitrogens with zero attached hydrogens (tertiary/aromatic N) is 1. The number of anilines is 2. The van der Waals surface area contributed by atoms with Gasteiger partial charge < -0.3 is 15.5 Å². The summed E-state index contributed by atoms with van der Waals surface area (Å²) in [5, 5.41) is 10.1. The molecule has 3 rings (SSSR count). The molecule has 0 aliphatic carbocycles. The van der Waals surface area contributed by atoms with Crippen LogP contribution in [0.4, 0.5) is 11.4 Å². The second kappa shape index (κ2) is 7.17. The summed E-state index contributed by atoms with van der Waals surface area (Å²) in [6, 6.07) is 14.1. The fourth-order valence-electron chi connectivity index (χ4n) is 2.60. The van der Waals surface area contributed by atoms with Crippen LogP contribution < -0.4 is 10.6 Å². The Morgan fingerprint density at radius 2 is 1.69 bits per heavy atom. The van der Waals surface area contributed by atoms with E-state index in [9.17, 15) is 9.59 Å². The van der Waals surface area contributed by atoms with Crippen LogP contribution in [-0.2, 0) is 14.4 Å². The van der Waals surface area contributed by atoms with Crippen LogP contribution in [0.2, 0.25) is 5.02 Å². The lowest BCUT2D eigenvalue weighted by Gasteiger charge is -2.20. The molecular weight excluding hydrogens is 354 g/mol. The molecule has 2 N–H and O–H groups in total. The molecule has 0 saturated heterocycles. The molecule has 26 heavy (non-hydrogen) atoms. The summed E-state index contributed by atoms with van der Waals surface area (Å²) in [7, 11) is 0. The Hall–Kier alpha value is -2.86. The number of hydrogen-bond acceptors (Lipinski definition) is 4. The maximum atomic E-state index is 12.6. The van der Waals surface area contributed by atoms with E-state index in [1.54, 1.807) is 37.3 Å².